The molecule has 0 spiro atoms. The molecular weight excluding hydrogens is 308 g/mol. The number of carbonyl (C=O) groups is 2. The third-order valence-electron chi connectivity index (χ3n) is 3.09. The molecule has 0 saturated carbocycles. The molecule has 0 bridgehead atoms. The van der Waals surface area contributed by atoms with Gasteiger partial charge in [0.15, 0.2) is 0 Å². The summed E-state index contributed by atoms with van der Waals surface area (Å²) in [5.74, 6) is -0.410. The van der Waals surface area contributed by atoms with E-state index >= 15 is 0 Å². The number of rotatable bonds is 10. The number of hydrazine groups is 1. The van der Waals surface area contributed by atoms with Crippen molar-refractivity contribution in [3.63, 3.8) is 0 Å². The molecule has 6 nitrogen and oxygen atoms in total. The number of ether oxygens (including phenoxy) is 2. The van der Waals surface area contributed by atoms with Gasteiger partial charge in [-0.05, 0) is 33.6 Å². The lowest BCUT2D eigenvalue weighted by atomic mass is 10.1. The molecule has 0 heterocycles. The van der Waals surface area contributed by atoms with Crippen molar-refractivity contribution in [3.05, 3.63) is 12.3 Å². The van der Waals surface area contributed by atoms with Crippen LogP contribution in [0.5, 0.6) is 0 Å². The van der Waals surface area contributed by atoms with Crippen LogP contribution in [-0.2, 0) is 14.3 Å². The van der Waals surface area contributed by atoms with Gasteiger partial charge in [0.2, 0.25) is 0 Å². The van der Waals surface area contributed by atoms with Gasteiger partial charge in [-0.15, -0.1) is 0 Å². The molecule has 0 aliphatic heterocycles. The smallest absolute Gasteiger partial charge is 0.433 e. The van der Waals surface area contributed by atoms with Gasteiger partial charge >= 0.3 is 6.09 Å². The zero-order valence-electron chi connectivity index (χ0n) is 15.9. The van der Waals surface area contributed by atoms with Crippen LogP contribution >= 0.6 is 0 Å². The Hall–Kier alpha value is -1.56. The summed E-state index contributed by atoms with van der Waals surface area (Å²) in [7, 11) is 1.42. The van der Waals surface area contributed by atoms with Gasteiger partial charge in [-0.25, -0.2) is 4.79 Å². The Balaban J connectivity index is 4.39. The highest BCUT2D eigenvalue weighted by molar-refractivity contribution is 5.80. The summed E-state index contributed by atoms with van der Waals surface area (Å²) in [5.41, 5.74) is 1.84. The molecule has 2 amide bonds. The first-order valence-corrected chi connectivity index (χ1v) is 8.77. The molecule has 6 heteroatoms. The van der Waals surface area contributed by atoms with Crippen LogP contribution in [0.25, 0.3) is 0 Å². The Morgan fingerprint density at radius 1 is 1.08 bits per heavy atom. The second-order valence-corrected chi connectivity index (χ2v) is 6.76. The minimum Gasteiger partial charge on any atom is -0.442 e. The molecule has 0 saturated heterocycles. The van der Waals surface area contributed by atoms with E-state index in [1.807, 2.05) is 6.08 Å². The van der Waals surface area contributed by atoms with Gasteiger partial charge in [0.1, 0.15) is 12.2 Å². The maximum absolute atomic E-state index is 12.1. The molecule has 0 radical (unpaired) electrons. The molecule has 0 aromatic carbocycles. The molecular formula is C18H34N2O4. The van der Waals surface area contributed by atoms with Crippen molar-refractivity contribution in [3.8, 4) is 0 Å². The normalized spacial score (nSPS) is 11.5. The van der Waals surface area contributed by atoms with Crippen molar-refractivity contribution in [1.82, 2.24) is 10.4 Å². The Bertz CT molecular complexity index is 389. The fourth-order valence-electron chi connectivity index (χ4n) is 1.98. The van der Waals surface area contributed by atoms with Crippen LogP contribution in [0.1, 0.15) is 72.6 Å². The average molecular weight is 342 g/mol. The number of allylic oxidation sites excluding steroid dienone is 1. The van der Waals surface area contributed by atoms with E-state index in [0.29, 0.717) is 0 Å². The lowest BCUT2D eigenvalue weighted by Gasteiger charge is -2.25. The maximum atomic E-state index is 12.1. The van der Waals surface area contributed by atoms with Crippen LogP contribution < -0.4 is 5.43 Å². The maximum Gasteiger partial charge on any atom is 0.433 e. The van der Waals surface area contributed by atoms with Gasteiger partial charge < -0.3 is 9.47 Å². The third-order valence-corrected chi connectivity index (χ3v) is 3.09. The summed E-state index contributed by atoms with van der Waals surface area (Å²) in [6, 6.07) is 0. The number of nitrogens with one attached hydrogen (secondary N) is 1. The van der Waals surface area contributed by atoms with Gasteiger partial charge in [0.25, 0.3) is 5.91 Å². The third kappa shape index (κ3) is 12.9. The number of hydrogen-bond donors (Lipinski definition) is 1. The number of carbonyl (C=O) groups excluding carboxylic acids is 2. The van der Waals surface area contributed by atoms with Crippen molar-refractivity contribution >= 4 is 12.0 Å². The summed E-state index contributed by atoms with van der Waals surface area (Å²) in [4.78, 5) is 23.8. The number of unbranched alkanes of at least 4 members (excludes halogenated alkanes) is 6. The number of nitrogens with zero attached hydrogens (tertiary/aromatic N) is 1. The first kappa shape index (κ1) is 22.4. The van der Waals surface area contributed by atoms with E-state index in [1.165, 1.54) is 39.2 Å². The molecule has 0 aliphatic carbocycles. The van der Waals surface area contributed by atoms with Gasteiger partial charge in [0.05, 0.1) is 0 Å². The van der Waals surface area contributed by atoms with Gasteiger partial charge in [-0.3, -0.25) is 10.2 Å². The number of amides is 2. The molecule has 0 fully saturated rings. The highest BCUT2D eigenvalue weighted by Crippen LogP contribution is 2.10. The Kier molecular flexibility index (Phi) is 12.0. The SMILES string of the molecule is CCCCCCCC/C=C/N(NC(=O)COC)C(=O)OC(C)(C)C. The van der Waals surface area contributed by atoms with E-state index in [1.54, 1.807) is 27.0 Å². The predicted octanol–water partition coefficient (Wildman–Crippen LogP) is 4.17. The van der Waals surface area contributed by atoms with E-state index in [0.717, 1.165) is 17.9 Å². The van der Waals surface area contributed by atoms with E-state index < -0.39 is 17.6 Å². The van der Waals surface area contributed by atoms with E-state index in [9.17, 15) is 9.59 Å². The second kappa shape index (κ2) is 12.8. The molecule has 0 rings (SSSR count). The quantitative estimate of drug-likeness (QED) is 0.478. The van der Waals surface area contributed by atoms with Crippen LogP contribution in [0.2, 0.25) is 0 Å². The summed E-state index contributed by atoms with van der Waals surface area (Å²) in [6.45, 7) is 7.41. The average Bonchev–Trinajstić information content (AvgIpc) is 2.47. The lowest BCUT2D eigenvalue weighted by molar-refractivity contribution is -0.128. The zero-order chi connectivity index (χ0) is 18.4. The van der Waals surface area contributed by atoms with Gasteiger partial charge in [-0.1, -0.05) is 45.1 Å². The van der Waals surface area contributed by atoms with Gasteiger partial charge in [0, 0.05) is 13.3 Å². The topological polar surface area (TPSA) is 67.9 Å². The van der Waals surface area contributed by atoms with Crippen LogP contribution in [0, 0.1) is 0 Å². The van der Waals surface area contributed by atoms with Gasteiger partial charge in [-0.2, -0.15) is 5.01 Å². The molecule has 140 valence electrons. The molecule has 0 aliphatic rings. The van der Waals surface area contributed by atoms with Crippen LogP contribution in [0.15, 0.2) is 12.3 Å². The minimum atomic E-state index is -0.631. The predicted molar refractivity (Wildman–Crippen MR) is 95.2 cm³/mol. The highest BCUT2D eigenvalue weighted by Gasteiger charge is 2.22. The zero-order valence-corrected chi connectivity index (χ0v) is 15.9. The van der Waals surface area contributed by atoms with Crippen LogP contribution in [0.4, 0.5) is 4.79 Å². The lowest BCUT2D eigenvalue weighted by Crippen LogP contribution is -2.46. The Morgan fingerprint density at radius 3 is 2.29 bits per heavy atom. The van der Waals surface area contributed by atoms with Crippen molar-refractivity contribution in [2.45, 2.75) is 78.2 Å². The van der Waals surface area contributed by atoms with Crippen molar-refractivity contribution in [2.75, 3.05) is 13.7 Å². The van der Waals surface area contributed by atoms with E-state index in [4.69, 9.17) is 9.47 Å². The summed E-state index contributed by atoms with van der Waals surface area (Å²) >= 11 is 0. The largest absolute Gasteiger partial charge is 0.442 e. The summed E-state index contributed by atoms with van der Waals surface area (Å²) in [5, 5.41) is 1.07. The molecule has 0 unspecified atom stereocenters. The monoisotopic (exact) mass is 342 g/mol. The van der Waals surface area contributed by atoms with E-state index in [2.05, 4.69) is 12.3 Å². The Labute approximate surface area is 146 Å². The fraction of sp³-hybridized carbons (Fsp3) is 0.778. The van der Waals surface area contributed by atoms with Crippen molar-refractivity contribution in [1.29, 1.82) is 0 Å². The van der Waals surface area contributed by atoms with Crippen LogP contribution in [-0.4, -0.2) is 36.3 Å². The highest BCUT2D eigenvalue weighted by atomic mass is 16.6. The minimum absolute atomic E-state index is 0.120. The van der Waals surface area contributed by atoms with Crippen molar-refractivity contribution < 1.29 is 19.1 Å². The fourth-order valence-corrected chi connectivity index (χ4v) is 1.98. The Morgan fingerprint density at radius 2 is 1.71 bits per heavy atom. The molecule has 1 N–H and O–H groups in total. The number of methoxy groups -OCH3 is 1. The standard InChI is InChI=1S/C18H34N2O4/c1-6-7-8-9-10-11-12-13-14-20(19-16(21)15-23-5)17(22)24-18(2,3)4/h13-14H,6-12,15H2,1-5H3,(H,19,21)/b14-13+. The van der Waals surface area contributed by atoms with Crippen molar-refractivity contribution in [2.24, 2.45) is 0 Å². The first-order chi connectivity index (χ1) is 11.3. The number of hydrogen-bond acceptors (Lipinski definition) is 4. The van der Waals surface area contributed by atoms with E-state index in [-0.39, 0.29) is 6.61 Å². The molecule has 0 aromatic rings. The first-order valence-electron chi connectivity index (χ1n) is 8.77. The van der Waals surface area contributed by atoms with Crippen LogP contribution in [0.3, 0.4) is 0 Å². The molecule has 24 heavy (non-hydrogen) atoms. The summed E-state index contributed by atoms with van der Waals surface area (Å²) < 4.78 is 10.0. The summed E-state index contributed by atoms with van der Waals surface area (Å²) in [6.07, 6.45) is 10.9. The molecule has 0 atom stereocenters. The second-order valence-electron chi connectivity index (χ2n) is 6.76. The molecule has 0 aromatic heterocycles.